The number of hydrogen-bond donors (Lipinski definition) is 1. The van der Waals surface area contributed by atoms with Gasteiger partial charge in [0.2, 0.25) is 11.8 Å². The second-order valence-corrected chi connectivity index (χ2v) is 3.37. The van der Waals surface area contributed by atoms with E-state index in [4.69, 9.17) is 0 Å². The molecule has 86 valence electrons. The molecule has 0 aliphatic rings. The summed E-state index contributed by atoms with van der Waals surface area (Å²) in [6, 6.07) is 0. The normalized spacial score (nSPS) is 9.53. The average Bonchev–Trinajstić information content (AvgIpc) is 2.15. The highest BCUT2D eigenvalue weighted by atomic mass is 16.2. The molecule has 0 saturated heterocycles. The Morgan fingerprint density at radius 2 is 1.87 bits per heavy atom. The molecule has 0 fully saturated rings. The third-order valence-corrected chi connectivity index (χ3v) is 1.86. The standard InChI is InChI=1S/C10H18N2O3/c1-4-5-12(7-9(14)11-3)10(15)6-8(2)13/h4-7H2,1-3H3,(H,11,14). The van der Waals surface area contributed by atoms with Crippen molar-refractivity contribution in [2.45, 2.75) is 26.7 Å². The molecule has 0 aromatic heterocycles. The van der Waals surface area contributed by atoms with E-state index in [1.165, 1.54) is 18.9 Å². The lowest BCUT2D eigenvalue weighted by Crippen LogP contribution is -2.40. The van der Waals surface area contributed by atoms with Gasteiger partial charge in [0.15, 0.2) is 0 Å². The number of carbonyl (C=O) groups is 3. The fraction of sp³-hybridized carbons (Fsp3) is 0.700. The summed E-state index contributed by atoms with van der Waals surface area (Å²) >= 11 is 0. The number of carbonyl (C=O) groups excluding carboxylic acids is 3. The Hall–Kier alpha value is -1.39. The first-order valence-electron chi connectivity index (χ1n) is 4.99. The van der Waals surface area contributed by atoms with Crippen molar-refractivity contribution in [2.24, 2.45) is 0 Å². The molecular weight excluding hydrogens is 196 g/mol. The van der Waals surface area contributed by atoms with Crippen LogP contribution in [0.2, 0.25) is 0 Å². The molecule has 0 aromatic rings. The maximum Gasteiger partial charge on any atom is 0.239 e. The fourth-order valence-electron chi connectivity index (χ4n) is 1.14. The average molecular weight is 214 g/mol. The Morgan fingerprint density at radius 1 is 1.27 bits per heavy atom. The van der Waals surface area contributed by atoms with Crippen LogP contribution in [0.5, 0.6) is 0 Å². The van der Waals surface area contributed by atoms with Crippen molar-refractivity contribution in [3.05, 3.63) is 0 Å². The van der Waals surface area contributed by atoms with Crippen LogP contribution in [-0.2, 0) is 14.4 Å². The van der Waals surface area contributed by atoms with E-state index in [0.717, 1.165) is 6.42 Å². The molecule has 0 aliphatic heterocycles. The molecule has 1 N–H and O–H groups in total. The molecular formula is C10H18N2O3. The number of likely N-dealkylation sites (N-methyl/N-ethyl adjacent to an activating group) is 1. The molecule has 0 aliphatic carbocycles. The number of nitrogens with one attached hydrogen (secondary N) is 1. The first kappa shape index (κ1) is 13.6. The second-order valence-electron chi connectivity index (χ2n) is 3.37. The van der Waals surface area contributed by atoms with E-state index in [9.17, 15) is 14.4 Å². The molecule has 0 aromatic carbocycles. The van der Waals surface area contributed by atoms with Crippen LogP contribution in [-0.4, -0.2) is 42.6 Å². The Labute approximate surface area is 89.8 Å². The van der Waals surface area contributed by atoms with Crippen molar-refractivity contribution in [1.29, 1.82) is 0 Å². The molecule has 0 bridgehead atoms. The lowest BCUT2D eigenvalue weighted by Gasteiger charge is -2.20. The van der Waals surface area contributed by atoms with Gasteiger partial charge in [-0.05, 0) is 13.3 Å². The van der Waals surface area contributed by atoms with Gasteiger partial charge in [-0.3, -0.25) is 14.4 Å². The fourth-order valence-corrected chi connectivity index (χ4v) is 1.14. The number of nitrogens with zero attached hydrogens (tertiary/aromatic N) is 1. The zero-order valence-electron chi connectivity index (χ0n) is 9.50. The molecule has 0 atom stereocenters. The molecule has 15 heavy (non-hydrogen) atoms. The van der Waals surface area contributed by atoms with Gasteiger partial charge < -0.3 is 10.2 Å². The van der Waals surface area contributed by atoms with Crippen molar-refractivity contribution in [1.82, 2.24) is 10.2 Å². The minimum absolute atomic E-state index is 0.0243. The predicted molar refractivity (Wildman–Crippen MR) is 56.2 cm³/mol. The first-order valence-corrected chi connectivity index (χ1v) is 4.99. The van der Waals surface area contributed by atoms with Gasteiger partial charge in [-0.1, -0.05) is 6.92 Å². The number of Topliss-reactive ketones (excluding diaryl/α,β-unsaturated/α-hetero) is 1. The molecule has 0 radical (unpaired) electrons. The van der Waals surface area contributed by atoms with Crippen LogP contribution in [0.3, 0.4) is 0 Å². The Morgan fingerprint density at radius 3 is 2.27 bits per heavy atom. The van der Waals surface area contributed by atoms with E-state index < -0.39 is 0 Å². The number of rotatable bonds is 6. The van der Waals surface area contributed by atoms with E-state index in [2.05, 4.69) is 5.32 Å². The van der Waals surface area contributed by atoms with Gasteiger partial charge in [-0.25, -0.2) is 0 Å². The summed E-state index contributed by atoms with van der Waals surface area (Å²) in [4.78, 5) is 34.8. The highest BCUT2D eigenvalue weighted by Gasteiger charge is 2.16. The SMILES string of the molecule is CCCN(CC(=O)NC)C(=O)CC(C)=O. The van der Waals surface area contributed by atoms with Gasteiger partial charge in [-0.15, -0.1) is 0 Å². The minimum Gasteiger partial charge on any atom is -0.358 e. The quantitative estimate of drug-likeness (QED) is 0.630. The summed E-state index contributed by atoms with van der Waals surface area (Å²) in [5.74, 6) is -0.689. The van der Waals surface area contributed by atoms with E-state index in [1.807, 2.05) is 6.92 Å². The van der Waals surface area contributed by atoms with Crippen molar-refractivity contribution in [3.8, 4) is 0 Å². The Kier molecular flexibility index (Phi) is 6.33. The third kappa shape index (κ3) is 5.83. The van der Waals surface area contributed by atoms with Crippen LogP contribution in [0.15, 0.2) is 0 Å². The summed E-state index contributed by atoms with van der Waals surface area (Å²) in [6.45, 7) is 3.80. The highest BCUT2D eigenvalue weighted by Crippen LogP contribution is 1.97. The van der Waals surface area contributed by atoms with Gasteiger partial charge in [-0.2, -0.15) is 0 Å². The van der Waals surface area contributed by atoms with Gasteiger partial charge in [0.1, 0.15) is 5.78 Å². The summed E-state index contributed by atoms with van der Waals surface area (Å²) in [5.41, 5.74) is 0. The third-order valence-electron chi connectivity index (χ3n) is 1.86. The molecule has 0 unspecified atom stereocenters. The van der Waals surface area contributed by atoms with Crippen LogP contribution in [0, 0.1) is 0 Å². The summed E-state index contributed by atoms with van der Waals surface area (Å²) in [7, 11) is 1.52. The van der Waals surface area contributed by atoms with Crippen molar-refractivity contribution >= 4 is 17.6 Å². The molecule has 0 heterocycles. The monoisotopic (exact) mass is 214 g/mol. The van der Waals surface area contributed by atoms with Gasteiger partial charge in [0, 0.05) is 13.6 Å². The first-order chi connectivity index (χ1) is 7.01. The second kappa shape index (κ2) is 6.98. The largest absolute Gasteiger partial charge is 0.358 e. The molecule has 0 rings (SSSR count). The van der Waals surface area contributed by atoms with Crippen molar-refractivity contribution in [3.63, 3.8) is 0 Å². The zero-order chi connectivity index (χ0) is 11.8. The van der Waals surface area contributed by atoms with Gasteiger partial charge in [0.25, 0.3) is 0 Å². The molecule has 5 nitrogen and oxygen atoms in total. The number of amides is 2. The molecule has 0 saturated carbocycles. The predicted octanol–water partition coefficient (Wildman–Crippen LogP) is -0.0499. The number of ketones is 1. The van der Waals surface area contributed by atoms with Gasteiger partial charge >= 0.3 is 0 Å². The summed E-state index contributed by atoms with van der Waals surface area (Å²) in [6.07, 6.45) is 0.637. The van der Waals surface area contributed by atoms with E-state index in [0.29, 0.717) is 6.54 Å². The smallest absolute Gasteiger partial charge is 0.239 e. The van der Waals surface area contributed by atoms with Crippen molar-refractivity contribution in [2.75, 3.05) is 20.1 Å². The van der Waals surface area contributed by atoms with Crippen LogP contribution in [0.1, 0.15) is 26.7 Å². The molecule has 5 heteroatoms. The van der Waals surface area contributed by atoms with E-state index >= 15 is 0 Å². The Balaban J connectivity index is 4.30. The maximum absolute atomic E-state index is 11.5. The molecule has 0 spiro atoms. The zero-order valence-corrected chi connectivity index (χ0v) is 9.50. The van der Waals surface area contributed by atoms with E-state index in [1.54, 1.807) is 0 Å². The lowest BCUT2D eigenvalue weighted by atomic mass is 10.2. The molecule has 2 amide bonds. The van der Waals surface area contributed by atoms with Crippen LogP contribution >= 0.6 is 0 Å². The minimum atomic E-state index is -0.284. The maximum atomic E-state index is 11.5. The van der Waals surface area contributed by atoms with Crippen molar-refractivity contribution < 1.29 is 14.4 Å². The number of hydrogen-bond acceptors (Lipinski definition) is 3. The summed E-state index contributed by atoms with van der Waals surface area (Å²) < 4.78 is 0. The Bertz CT molecular complexity index is 251. The van der Waals surface area contributed by atoms with Crippen LogP contribution in [0.4, 0.5) is 0 Å². The lowest BCUT2D eigenvalue weighted by molar-refractivity contribution is -0.138. The van der Waals surface area contributed by atoms with Crippen LogP contribution < -0.4 is 5.32 Å². The topological polar surface area (TPSA) is 66.5 Å². The van der Waals surface area contributed by atoms with Gasteiger partial charge in [0.05, 0.1) is 13.0 Å². The van der Waals surface area contributed by atoms with Crippen LogP contribution in [0.25, 0.3) is 0 Å². The summed E-state index contributed by atoms with van der Waals surface area (Å²) in [5, 5.41) is 2.44. The highest BCUT2D eigenvalue weighted by molar-refractivity contribution is 5.98. The van der Waals surface area contributed by atoms with E-state index in [-0.39, 0.29) is 30.6 Å².